The van der Waals surface area contributed by atoms with E-state index in [0.717, 1.165) is 42.2 Å². The second-order valence-corrected chi connectivity index (χ2v) is 6.41. The zero-order valence-corrected chi connectivity index (χ0v) is 13.7. The highest BCUT2D eigenvalue weighted by molar-refractivity contribution is 5.87. The maximum atomic E-state index is 12.1. The zero-order valence-electron chi connectivity index (χ0n) is 13.7. The van der Waals surface area contributed by atoms with Gasteiger partial charge in [-0.05, 0) is 57.5 Å². The number of likely N-dealkylation sites (N-methyl/N-ethyl adjacent to an activating group) is 1. The van der Waals surface area contributed by atoms with Gasteiger partial charge in [0.25, 0.3) is 0 Å². The van der Waals surface area contributed by atoms with E-state index >= 15 is 0 Å². The topological polar surface area (TPSA) is 62.9 Å². The van der Waals surface area contributed by atoms with Gasteiger partial charge >= 0.3 is 5.63 Å². The van der Waals surface area contributed by atoms with E-state index in [1.54, 1.807) is 6.07 Å². The van der Waals surface area contributed by atoms with E-state index in [4.69, 9.17) is 9.15 Å². The number of fused-ring (bicyclic) bond motifs is 3. The predicted octanol–water partition coefficient (Wildman–Crippen LogP) is 1.97. The molecule has 0 saturated carbocycles. The van der Waals surface area contributed by atoms with Crippen LogP contribution in [-0.4, -0.2) is 43.4 Å². The molecule has 1 aliphatic carbocycles. The molecule has 3 rings (SSSR count). The van der Waals surface area contributed by atoms with Crippen LogP contribution in [0.3, 0.4) is 0 Å². The van der Waals surface area contributed by atoms with Gasteiger partial charge in [0, 0.05) is 12.1 Å². The maximum absolute atomic E-state index is 12.1. The molecule has 0 spiro atoms. The molecule has 0 fully saturated rings. The van der Waals surface area contributed by atoms with E-state index in [2.05, 4.69) is 0 Å². The molecule has 1 aromatic heterocycles. The Kier molecular flexibility index (Phi) is 4.68. The van der Waals surface area contributed by atoms with E-state index in [9.17, 15) is 9.90 Å². The van der Waals surface area contributed by atoms with Crippen molar-refractivity contribution in [1.29, 1.82) is 0 Å². The van der Waals surface area contributed by atoms with E-state index in [1.807, 2.05) is 31.1 Å². The molecule has 1 unspecified atom stereocenters. The predicted molar refractivity (Wildman–Crippen MR) is 89.2 cm³/mol. The van der Waals surface area contributed by atoms with Crippen LogP contribution in [0.5, 0.6) is 5.75 Å². The molecule has 0 bridgehead atoms. The monoisotopic (exact) mass is 317 g/mol. The first kappa shape index (κ1) is 16.0. The van der Waals surface area contributed by atoms with Crippen LogP contribution in [0, 0.1) is 0 Å². The van der Waals surface area contributed by atoms with E-state index < -0.39 is 6.10 Å². The minimum absolute atomic E-state index is 0.213. The van der Waals surface area contributed by atoms with Gasteiger partial charge in [-0.15, -0.1) is 0 Å². The molecule has 124 valence electrons. The Bertz CT molecular complexity index is 751. The summed E-state index contributed by atoms with van der Waals surface area (Å²) in [6.07, 6.45) is 3.17. The Morgan fingerprint density at radius 3 is 2.74 bits per heavy atom. The number of aliphatic hydroxyl groups excluding tert-OH is 1. The van der Waals surface area contributed by atoms with Crippen molar-refractivity contribution >= 4 is 11.0 Å². The lowest BCUT2D eigenvalue weighted by atomic mass is 9.90. The Labute approximate surface area is 135 Å². The number of aryl methyl sites for hydroxylation is 1. The zero-order chi connectivity index (χ0) is 16.4. The minimum atomic E-state index is -0.563. The second-order valence-electron chi connectivity index (χ2n) is 6.41. The third kappa shape index (κ3) is 3.41. The van der Waals surface area contributed by atoms with Gasteiger partial charge in [0.2, 0.25) is 0 Å². The average Bonchev–Trinajstić information content (AvgIpc) is 2.52. The van der Waals surface area contributed by atoms with Crippen molar-refractivity contribution in [3.8, 4) is 5.75 Å². The van der Waals surface area contributed by atoms with Gasteiger partial charge in [0.1, 0.15) is 24.0 Å². The molecule has 1 aromatic carbocycles. The van der Waals surface area contributed by atoms with Crippen LogP contribution in [0.1, 0.15) is 24.0 Å². The number of ether oxygens (including phenoxy) is 1. The van der Waals surface area contributed by atoms with E-state index in [-0.39, 0.29) is 12.2 Å². The fourth-order valence-corrected chi connectivity index (χ4v) is 3.24. The lowest BCUT2D eigenvalue weighted by Gasteiger charge is -2.20. The van der Waals surface area contributed by atoms with Gasteiger partial charge in [-0.3, -0.25) is 0 Å². The summed E-state index contributed by atoms with van der Waals surface area (Å²) < 4.78 is 11.3. The van der Waals surface area contributed by atoms with Crippen molar-refractivity contribution in [2.24, 2.45) is 0 Å². The summed E-state index contributed by atoms with van der Waals surface area (Å²) in [5.74, 6) is 0.683. The van der Waals surface area contributed by atoms with Gasteiger partial charge in [-0.25, -0.2) is 4.79 Å². The summed E-state index contributed by atoms with van der Waals surface area (Å²) in [4.78, 5) is 14.0. The molecule has 1 heterocycles. The molecule has 0 amide bonds. The van der Waals surface area contributed by atoms with Crippen LogP contribution in [-0.2, 0) is 12.8 Å². The van der Waals surface area contributed by atoms with Crippen LogP contribution in [0.25, 0.3) is 11.0 Å². The molecule has 0 saturated heterocycles. The Morgan fingerprint density at radius 1 is 1.26 bits per heavy atom. The highest BCUT2D eigenvalue weighted by Crippen LogP contribution is 2.33. The highest BCUT2D eigenvalue weighted by Gasteiger charge is 2.20. The van der Waals surface area contributed by atoms with Crippen LogP contribution < -0.4 is 10.4 Å². The number of hydrogen-bond acceptors (Lipinski definition) is 5. The largest absolute Gasteiger partial charge is 0.490 e. The van der Waals surface area contributed by atoms with Crippen LogP contribution >= 0.6 is 0 Å². The molecule has 5 heteroatoms. The Morgan fingerprint density at radius 2 is 2.00 bits per heavy atom. The van der Waals surface area contributed by atoms with Crippen molar-refractivity contribution < 1.29 is 14.3 Å². The number of benzene rings is 1. The van der Waals surface area contributed by atoms with Crippen molar-refractivity contribution in [3.05, 3.63) is 39.7 Å². The SMILES string of the molecule is CN(C)CC(O)COc1cccc2oc(=O)c3c(c12)CCCC3. The van der Waals surface area contributed by atoms with Crippen LogP contribution in [0.2, 0.25) is 0 Å². The number of hydrogen-bond donors (Lipinski definition) is 1. The summed E-state index contributed by atoms with van der Waals surface area (Å²) in [5, 5.41) is 10.9. The van der Waals surface area contributed by atoms with Crippen molar-refractivity contribution in [1.82, 2.24) is 4.90 Å². The Hall–Kier alpha value is -1.85. The first-order valence-electron chi connectivity index (χ1n) is 8.09. The summed E-state index contributed by atoms with van der Waals surface area (Å²) in [6, 6.07) is 5.49. The molecule has 0 aliphatic heterocycles. The number of rotatable bonds is 5. The van der Waals surface area contributed by atoms with Gasteiger partial charge < -0.3 is 19.2 Å². The lowest BCUT2D eigenvalue weighted by Crippen LogP contribution is -2.30. The normalized spacial score (nSPS) is 15.7. The van der Waals surface area contributed by atoms with Crippen LogP contribution in [0.4, 0.5) is 0 Å². The summed E-state index contributed by atoms with van der Waals surface area (Å²) in [5.41, 5.74) is 2.18. The molecule has 5 nitrogen and oxygen atoms in total. The molecule has 0 radical (unpaired) electrons. The van der Waals surface area contributed by atoms with Crippen molar-refractivity contribution in [2.75, 3.05) is 27.2 Å². The third-order valence-electron chi connectivity index (χ3n) is 4.21. The lowest BCUT2D eigenvalue weighted by molar-refractivity contribution is 0.0837. The van der Waals surface area contributed by atoms with Crippen molar-refractivity contribution in [3.63, 3.8) is 0 Å². The van der Waals surface area contributed by atoms with Crippen molar-refractivity contribution in [2.45, 2.75) is 31.8 Å². The smallest absolute Gasteiger partial charge is 0.339 e. The molecule has 23 heavy (non-hydrogen) atoms. The van der Waals surface area contributed by atoms with Crippen LogP contribution in [0.15, 0.2) is 27.4 Å². The van der Waals surface area contributed by atoms with E-state index in [1.165, 1.54) is 0 Å². The van der Waals surface area contributed by atoms with Gasteiger partial charge in [-0.1, -0.05) is 6.07 Å². The standard InChI is InChI=1S/C18H23NO4/c1-19(2)10-12(20)11-22-15-8-5-9-16-17(15)13-6-3-4-7-14(13)18(21)23-16/h5,8-9,12,20H,3-4,6-7,10-11H2,1-2H3. The fourth-order valence-electron chi connectivity index (χ4n) is 3.24. The van der Waals surface area contributed by atoms with Gasteiger partial charge in [0.15, 0.2) is 0 Å². The third-order valence-corrected chi connectivity index (χ3v) is 4.21. The number of nitrogens with zero attached hydrogens (tertiary/aromatic N) is 1. The Balaban J connectivity index is 1.96. The first-order chi connectivity index (χ1) is 11.1. The van der Waals surface area contributed by atoms with E-state index in [0.29, 0.717) is 17.9 Å². The number of aliphatic hydroxyl groups is 1. The second kappa shape index (κ2) is 6.72. The van der Waals surface area contributed by atoms with Gasteiger partial charge in [0.05, 0.1) is 5.39 Å². The molecule has 1 aliphatic rings. The summed E-state index contributed by atoms with van der Waals surface area (Å²) in [7, 11) is 3.82. The highest BCUT2D eigenvalue weighted by atomic mass is 16.5. The molecular weight excluding hydrogens is 294 g/mol. The first-order valence-corrected chi connectivity index (χ1v) is 8.09. The average molecular weight is 317 g/mol. The summed E-state index contributed by atoms with van der Waals surface area (Å²) >= 11 is 0. The molecule has 1 atom stereocenters. The molecule has 2 aromatic rings. The molecular formula is C18H23NO4. The molecule has 1 N–H and O–H groups in total. The maximum Gasteiger partial charge on any atom is 0.339 e. The quantitative estimate of drug-likeness (QED) is 0.854. The minimum Gasteiger partial charge on any atom is -0.490 e. The fraction of sp³-hybridized carbons (Fsp3) is 0.500. The summed E-state index contributed by atoms with van der Waals surface area (Å²) in [6.45, 7) is 0.753. The van der Waals surface area contributed by atoms with Gasteiger partial charge in [-0.2, -0.15) is 0 Å².